The molecule has 0 saturated heterocycles. The molecule has 0 aliphatic heterocycles. The second-order valence-electron chi connectivity index (χ2n) is 7.20. The van der Waals surface area contributed by atoms with Crippen LogP contribution in [0.5, 0.6) is 5.75 Å². The van der Waals surface area contributed by atoms with Crippen molar-refractivity contribution in [2.45, 2.75) is 32.8 Å². The number of hydrogen-bond donors (Lipinski definition) is 1. The zero-order chi connectivity index (χ0) is 23.5. The van der Waals surface area contributed by atoms with Gasteiger partial charge in [0.2, 0.25) is 0 Å². The summed E-state index contributed by atoms with van der Waals surface area (Å²) >= 11 is 1.54. The third-order valence-electron chi connectivity index (χ3n) is 4.63. The summed E-state index contributed by atoms with van der Waals surface area (Å²) < 4.78 is 11.3. The van der Waals surface area contributed by atoms with Gasteiger partial charge < -0.3 is 19.4 Å². The van der Waals surface area contributed by atoms with E-state index in [0.717, 1.165) is 22.6 Å². The average molecular weight is 469 g/mol. The van der Waals surface area contributed by atoms with E-state index in [-0.39, 0.29) is 13.0 Å². The lowest BCUT2D eigenvalue weighted by Gasteiger charge is -2.13. The molecule has 7 nitrogen and oxygen atoms in total. The molecule has 0 fully saturated rings. The molecule has 33 heavy (non-hydrogen) atoms. The van der Waals surface area contributed by atoms with Gasteiger partial charge in [0.05, 0.1) is 0 Å². The Bertz CT molecular complexity index is 1050. The predicted octanol–water partition coefficient (Wildman–Crippen LogP) is 5.05. The molecule has 3 rings (SSSR count). The summed E-state index contributed by atoms with van der Waals surface area (Å²) in [4.78, 5) is 21.5. The number of thiazole rings is 1. The number of rotatable bonds is 13. The molecule has 1 unspecified atom stereocenters. The SMILES string of the molecule is CCCO/N=C(\COc1cccc(CC(OCC)C(=O)O)c1)c1csc(-c2ccccc2)n1. The number of carboxylic acid groups (broad SMARTS) is 1. The maximum Gasteiger partial charge on any atom is 0.333 e. The van der Waals surface area contributed by atoms with Gasteiger partial charge in [0.25, 0.3) is 0 Å². The molecule has 0 radical (unpaired) electrons. The lowest BCUT2D eigenvalue weighted by Crippen LogP contribution is -2.26. The van der Waals surface area contributed by atoms with Crippen molar-refractivity contribution < 1.29 is 24.2 Å². The van der Waals surface area contributed by atoms with Crippen LogP contribution in [-0.2, 0) is 20.8 Å². The number of carbonyl (C=O) groups is 1. The Morgan fingerprint density at radius 3 is 2.70 bits per heavy atom. The van der Waals surface area contributed by atoms with Crippen molar-refractivity contribution in [1.29, 1.82) is 0 Å². The van der Waals surface area contributed by atoms with Gasteiger partial charge in [-0.05, 0) is 31.0 Å². The van der Waals surface area contributed by atoms with E-state index in [0.29, 0.717) is 30.4 Å². The second kappa shape index (κ2) is 12.7. The molecule has 1 N–H and O–H groups in total. The number of oxime groups is 1. The van der Waals surface area contributed by atoms with Crippen molar-refractivity contribution in [3.05, 3.63) is 71.2 Å². The number of nitrogens with zero attached hydrogens (tertiary/aromatic N) is 2. The lowest BCUT2D eigenvalue weighted by atomic mass is 10.1. The Balaban J connectivity index is 1.72. The monoisotopic (exact) mass is 468 g/mol. The molecule has 1 aromatic heterocycles. The summed E-state index contributed by atoms with van der Waals surface area (Å²) in [7, 11) is 0. The Hall–Kier alpha value is -3.23. The van der Waals surface area contributed by atoms with Crippen LogP contribution in [-0.4, -0.2) is 47.7 Å². The summed E-state index contributed by atoms with van der Waals surface area (Å²) in [6.45, 7) is 4.80. The topological polar surface area (TPSA) is 90.2 Å². The Morgan fingerprint density at radius 1 is 1.15 bits per heavy atom. The van der Waals surface area contributed by atoms with Crippen LogP contribution in [0, 0.1) is 0 Å². The van der Waals surface area contributed by atoms with Crippen LogP contribution in [0.2, 0.25) is 0 Å². The molecule has 174 valence electrons. The van der Waals surface area contributed by atoms with E-state index in [1.807, 2.05) is 66.9 Å². The molecular weight excluding hydrogens is 440 g/mol. The lowest BCUT2D eigenvalue weighted by molar-refractivity contribution is -0.149. The highest BCUT2D eigenvalue weighted by molar-refractivity contribution is 7.13. The molecule has 0 bridgehead atoms. The zero-order valence-corrected chi connectivity index (χ0v) is 19.6. The van der Waals surface area contributed by atoms with Crippen molar-refractivity contribution in [2.24, 2.45) is 5.16 Å². The predicted molar refractivity (Wildman–Crippen MR) is 129 cm³/mol. The summed E-state index contributed by atoms with van der Waals surface area (Å²) in [5, 5.41) is 16.4. The molecule has 0 saturated carbocycles. The minimum Gasteiger partial charge on any atom is -0.487 e. The first-order valence-electron chi connectivity index (χ1n) is 10.9. The van der Waals surface area contributed by atoms with Gasteiger partial charge in [-0.3, -0.25) is 0 Å². The van der Waals surface area contributed by atoms with Gasteiger partial charge in [-0.2, -0.15) is 0 Å². The van der Waals surface area contributed by atoms with E-state index in [9.17, 15) is 9.90 Å². The first kappa shape index (κ1) is 24.4. The first-order chi connectivity index (χ1) is 16.1. The molecule has 0 aliphatic rings. The highest BCUT2D eigenvalue weighted by Gasteiger charge is 2.18. The van der Waals surface area contributed by atoms with E-state index in [2.05, 4.69) is 5.16 Å². The van der Waals surface area contributed by atoms with Crippen molar-refractivity contribution in [2.75, 3.05) is 19.8 Å². The second-order valence-corrected chi connectivity index (χ2v) is 8.06. The Labute approximate surface area is 197 Å². The quantitative estimate of drug-likeness (QED) is 0.214. The van der Waals surface area contributed by atoms with Gasteiger partial charge in [-0.25, -0.2) is 9.78 Å². The minimum absolute atomic E-state index is 0.166. The fraction of sp³-hybridized carbons (Fsp3) is 0.320. The van der Waals surface area contributed by atoms with Gasteiger partial charge in [0.1, 0.15) is 35.4 Å². The number of aromatic nitrogens is 1. The first-order valence-corrected chi connectivity index (χ1v) is 11.7. The van der Waals surface area contributed by atoms with Gasteiger partial charge in [-0.15, -0.1) is 11.3 Å². The van der Waals surface area contributed by atoms with Gasteiger partial charge in [-0.1, -0.05) is 54.5 Å². The molecule has 0 amide bonds. The number of carboxylic acids is 1. The molecule has 8 heteroatoms. The van der Waals surface area contributed by atoms with Crippen molar-refractivity contribution in [3.63, 3.8) is 0 Å². The normalized spacial score (nSPS) is 12.4. The van der Waals surface area contributed by atoms with E-state index in [1.54, 1.807) is 6.92 Å². The van der Waals surface area contributed by atoms with Gasteiger partial charge >= 0.3 is 5.97 Å². The maximum atomic E-state index is 11.4. The van der Waals surface area contributed by atoms with Crippen LogP contribution >= 0.6 is 11.3 Å². The molecule has 2 aromatic carbocycles. The van der Waals surface area contributed by atoms with Crippen LogP contribution in [0.25, 0.3) is 10.6 Å². The van der Waals surface area contributed by atoms with Gasteiger partial charge in [0.15, 0.2) is 6.10 Å². The summed E-state index contributed by atoms with van der Waals surface area (Å²) in [6.07, 6.45) is 0.209. The van der Waals surface area contributed by atoms with Crippen LogP contribution in [0.3, 0.4) is 0 Å². The summed E-state index contributed by atoms with van der Waals surface area (Å²) in [5.74, 6) is -0.377. The van der Waals surface area contributed by atoms with Crippen LogP contribution in [0.4, 0.5) is 0 Å². The molecule has 0 aliphatic carbocycles. The van der Waals surface area contributed by atoms with Crippen molar-refractivity contribution in [1.82, 2.24) is 4.98 Å². The smallest absolute Gasteiger partial charge is 0.333 e. The standard InChI is InChI=1S/C25H28N2O5S/c1-3-13-32-27-21(22-17-33-24(26-22)19-10-6-5-7-11-19)16-31-20-12-8-9-18(14-20)15-23(25(28)29)30-4-2/h5-12,14,17,23H,3-4,13,15-16H2,1-2H3,(H,28,29)/b27-21+. The van der Waals surface area contributed by atoms with Crippen LogP contribution in [0.15, 0.2) is 65.1 Å². The minimum atomic E-state index is -0.983. The highest BCUT2D eigenvalue weighted by atomic mass is 32.1. The van der Waals surface area contributed by atoms with Crippen LogP contribution in [0.1, 0.15) is 31.5 Å². The largest absolute Gasteiger partial charge is 0.487 e. The molecule has 1 atom stereocenters. The third kappa shape index (κ3) is 7.40. The molecular formula is C25H28N2O5S. The summed E-state index contributed by atoms with van der Waals surface area (Å²) in [6, 6.07) is 17.3. The van der Waals surface area contributed by atoms with Crippen molar-refractivity contribution in [3.8, 4) is 16.3 Å². The molecule has 3 aromatic rings. The fourth-order valence-corrected chi connectivity index (χ4v) is 3.86. The molecule has 1 heterocycles. The fourth-order valence-electron chi connectivity index (χ4n) is 3.03. The average Bonchev–Trinajstić information content (AvgIpc) is 3.32. The number of aliphatic carboxylic acids is 1. The Kier molecular flexibility index (Phi) is 9.41. The van der Waals surface area contributed by atoms with E-state index >= 15 is 0 Å². The molecule has 0 spiro atoms. The number of hydrogen-bond acceptors (Lipinski definition) is 7. The van der Waals surface area contributed by atoms with Crippen LogP contribution < -0.4 is 4.74 Å². The third-order valence-corrected chi connectivity index (χ3v) is 5.52. The summed E-state index contributed by atoms with van der Waals surface area (Å²) in [5.41, 5.74) is 3.14. The Morgan fingerprint density at radius 2 is 1.97 bits per heavy atom. The zero-order valence-electron chi connectivity index (χ0n) is 18.8. The number of benzene rings is 2. The van der Waals surface area contributed by atoms with E-state index in [1.165, 1.54) is 11.3 Å². The van der Waals surface area contributed by atoms with E-state index < -0.39 is 12.1 Å². The van der Waals surface area contributed by atoms with E-state index in [4.69, 9.17) is 19.3 Å². The van der Waals surface area contributed by atoms with Gasteiger partial charge in [0, 0.05) is 24.0 Å². The maximum absolute atomic E-state index is 11.4. The highest BCUT2D eigenvalue weighted by Crippen LogP contribution is 2.24. The number of ether oxygens (including phenoxy) is 2. The van der Waals surface area contributed by atoms with Crippen molar-refractivity contribution >= 4 is 23.0 Å².